The van der Waals surface area contributed by atoms with Gasteiger partial charge in [0.15, 0.2) is 11.9 Å². The molecule has 2 heterocycles. The van der Waals surface area contributed by atoms with Gasteiger partial charge in [0.25, 0.3) is 0 Å². The van der Waals surface area contributed by atoms with Crippen LogP contribution >= 0.6 is 11.6 Å². The number of hydrogen-bond donors (Lipinski definition) is 2. The molecule has 1 aromatic heterocycles. The van der Waals surface area contributed by atoms with Crippen molar-refractivity contribution in [1.29, 1.82) is 0 Å². The highest BCUT2D eigenvalue weighted by atomic mass is 35.5. The molecule has 0 aliphatic carbocycles. The van der Waals surface area contributed by atoms with Crippen molar-refractivity contribution >= 4 is 28.3 Å². The number of benzene rings is 2. The average Bonchev–Trinajstić information content (AvgIpc) is 3.03. The van der Waals surface area contributed by atoms with Crippen LogP contribution in [0.4, 0.5) is 0 Å². The van der Waals surface area contributed by atoms with E-state index in [1.54, 1.807) is 12.3 Å². The van der Waals surface area contributed by atoms with Crippen molar-refractivity contribution in [3.63, 3.8) is 0 Å². The quantitative estimate of drug-likeness (QED) is 0.584. The molecule has 1 aliphatic heterocycles. The average molecular weight is 381 g/mol. The molecule has 0 spiro atoms. The lowest BCUT2D eigenvalue weighted by Crippen LogP contribution is -2.34. The van der Waals surface area contributed by atoms with E-state index in [1.165, 1.54) is 0 Å². The maximum atomic E-state index is 13.2. The molecular weight excluding hydrogens is 360 g/mol. The fraction of sp³-hybridized carbons (Fsp3) is 0.227. The van der Waals surface area contributed by atoms with Crippen LogP contribution < -0.4 is 10.1 Å². The summed E-state index contributed by atoms with van der Waals surface area (Å²) in [6.07, 6.45) is 3.15. The van der Waals surface area contributed by atoms with Crippen LogP contribution in [0, 0.1) is 0 Å². The predicted molar refractivity (Wildman–Crippen MR) is 108 cm³/mol. The van der Waals surface area contributed by atoms with Gasteiger partial charge >= 0.3 is 0 Å². The Hall–Kier alpha value is -2.72. The lowest BCUT2D eigenvalue weighted by Gasteiger charge is -2.29. The Balaban J connectivity index is 1.87. The van der Waals surface area contributed by atoms with Crippen molar-refractivity contribution < 1.29 is 9.53 Å². The van der Waals surface area contributed by atoms with Crippen molar-refractivity contribution in [3.8, 4) is 5.75 Å². The fourth-order valence-electron chi connectivity index (χ4n) is 3.22. The number of rotatable bonds is 2. The second-order valence-corrected chi connectivity index (χ2v) is 8.19. The summed E-state index contributed by atoms with van der Waals surface area (Å²) in [7, 11) is 0. The lowest BCUT2D eigenvalue weighted by molar-refractivity contribution is 0.0960. The minimum absolute atomic E-state index is 0.0324. The number of Topliss-reactive ketones (excluding diaryl/α,β-unsaturated/α-hetero) is 1. The zero-order valence-corrected chi connectivity index (χ0v) is 16.2. The molecule has 3 aromatic rings. The molecule has 138 valence electrons. The topological polar surface area (TPSA) is 54.1 Å². The van der Waals surface area contributed by atoms with E-state index in [-0.39, 0.29) is 11.3 Å². The minimum Gasteiger partial charge on any atom is -0.480 e. The number of H-pyrrole nitrogens is 1. The summed E-state index contributed by atoms with van der Waals surface area (Å²) in [5.74, 6) is 0.562. The van der Waals surface area contributed by atoms with E-state index in [0.717, 1.165) is 16.5 Å². The molecule has 0 amide bonds. The number of halogens is 1. The van der Waals surface area contributed by atoms with Gasteiger partial charge in [-0.15, -0.1) is 0 Å². The van der Waals surface area contributed by atoms with Gasteiger partial charge in [0, 0.05) is 39.4 Å². The summed E-state index contributed by atoms with van der Waals surface area (Å²) in [5, 5.41) is 4.89. The number of carbonyl (C=O) groups excluding carboxylic acids is 1. The largest absolute Gasteiger partial charge is 0.480 e. The molecule has 4 rings (SSSR count). The molecule has 0 saturated carbocycles. The van der Waals surface area contributed by atoms with Crippen molar-refractivity contribution in [2.75, 3.05) is 0 Å². The van der Waals surface area contributed by atoms with Crippen molar-refractivity contribution in [1.82, 2.24) is 10.3 Å². The Morgan fingerprint density at radius 3 is 2.74 bits per heavy atom. The molecule has 1 aliphatic rings. The van der Waals surface area contributed by atoms with Crippen LogP contribution in [0.3, 0.4) is 0 Å². The highest BCUT2D eigenvalue weighted by molar-refractivity contribution is 6.31. The summed E-state index contributed by atoms with van der Waals surface area (Å²) in [5.41, 5.74) is 2.82. The van der Waals surface area contributed by atoms with Crippen LogP contribution in [0.2, 0.25) is 5.02 Å². The van der Waals surface area contributed by atoms with E-state index in [1.807, 2.05) is 63.4 Å². The molecule has 5 heteroatoms. The van der Waals surface area contributed by atoms with Crippen LogP contribution in [-0.2, 0) is 0 Å². The van der Waals surface area contributed by atoms with E-state index in [2.05, 4.69) is 10.3 Å². The van der Waals surface area contributed by atoms with Gasteiger partial charge in [-0.2, -0.15) is 0 Å². The second-order valence-electron chi connectivity index (χ2n) is 7.75. The van der Waals surface area contributed by atoms with Crippen LogP contribution in [-0.4, -0.2) is 16.3 Å². The van der Waals surface area contributed by atoms with E-state index in [0.29, 0.717) is 21.9 Å². The normalized spacial score (nSPS) is 18.4. The molecular formula is C22H21ClN2O2. The van der Waals surface area contributed by atoms with Crippen molar-refractivity contribution in [3.05, 3.63) is 76.6 Å². The number of hydrogen-bond acceptors (Lipinski definition) is 3. The number of nitrogens with one attached hydrogen (secondary N) is 2. The molecule has 0 saturated heterocycles. The number of ketones is 1. The molecule has 0 bridgehead atoms. The number of para-hydroxylation sites is 1. The van der Waals surface area contributed by atoms with Gasteiger partial charge < -0.3 is 15.0 Å². The molecule has 4 nitrogen and oxygen atoms in total. The highest BCUT2D eigenvalue weighted by Gasteiger charge is 2.34. The number of aromatic nitrogens is 1. The zero-order valence-electron chi connectivity index (χ0n) is 15.5. The Bertz CT molecular complexity index is 1060. The Labute approximate surface area is 163 Å². The summed E-state index contributed by atoms with van der Waals surface area (Å²) >= 11 is 6.21. The molecule has 0 radical (unpaired) electrons. The van der Waals surface area contributed by atoms with Crippen LogP contribution in [0.15, 0.2) is 60.4 Å². The maximum Gasteiger partial charge on any atom is 0.198 e. The summed E-state index contributed by atoms with van der Waals surface area (Å²) in [6.45, 7) is 6.14. The second kappa shape index (κ2) is 6.46. The molecule has 1 atom stereocenters. The van der Waals surface area contributed by atoms with E-state index < -0.39 is 6.10 Å². The number of fused-ring (bicyclic) bond motifs is 2. The highest BCUT2D eigenvalue weighted by Crippen LogP contribution is 2.40. The first-order valence-electron chi connectivity index (χ1n) is 8.88. The lowest BCUT2D eigenvalue weighted by atomic mass is 9.91. The third kappa shape index (κ3) is 3.33. The molecule has 27 heavy (non-hydrogen) atoms. The maximum absolute atomic E-state index is 13.2. The minimum atomic E-state index is -0.519. The van der Waals surface area contributed by atoms with Gasteiger partial charge in [0.05, 0.1) is 11.1 Å². The summed E-state index contributed by atoms with van der Waals surface area (Å²) in [6, 6.07) is 13.0. The summed E-state index contributed by atoms with van der Waals surface area (Å²) < 4.78 is 6.28. The Kier molecular flexibility index (Phi) is 4.23. The van der Waals surface area contributed by atoms with Gasteiger partial charge in [-0.25, -0.2) is 0 Å². The monoisotopic (exact) mass is 380 g/mol. The standard InChI is InChI=1S/C22H21ClN2O2/c1-22(2,3)25-12-17-20(26)14-6-4-5-7-19(14)27-21(17)16-11-24-18-9-8-13(23)10-15(16)18/h4-12,21,24-25H,1-3H3. The first-order valence-corrected chi connectivity index (χ1v) is 9.26. The van der Waals surface area contributed by atoms with Gasteiger partial charge in [0.2, 0.25) is 0 Å². The molecule has 2 N–H and O–H groups in total. The third-order valence-corrected chi connectivity index (χ3v) is 4.78. The third-order valence-electron chi connectivity index (χ3n) is 4.54. The van der Waals surface area contributed by atoms with Gasteiger partial charge in [0.1, 0.15) is 5.75 Å². The number of ether oxygens (including phenoxy) is 1. The fourth-order valence-corrected chi connectivity index (χ4v) is 3.39. The molecule has 0 fully saturated rings. The van der Waals surface area contributed by atoms with Crippen LogP contribution in [0.1, 0.15) is 42.8 Å². The van der Waals surface area contributed by atoms with E-state index >= 15 is 0 Å². The SMILES string of the molecule is CC(C)(C)NC=C1C(=O)c2ccccc2OC1c1c[nH]c2ccc(Cl)cc12. The Morgan fingerprint density at radius 2 is 1.96 bits per heavy atom. The summed E-state index contributed by atoms with van der Waals surface area (Å²) in [4.78, 5) is 16.5. The van der Waals surface area contributed by atoms with Gasteiger partial charge in [-0.05, 0) is 51.1 Å². The van der Waals surface area contributed by atoms with Gasteiger partial charge in [-0.3, -0.25) is 4.79 Å². The van der Waals surface area contributed by atoms with Crippen LogP contribution in [0.5, 0.6) is 5.75 Å². The smallest absolute Gasteiger partial charge is 0.198 e. The van der Waals surface area contributed by atoms with E-state index in [9.17, 15) is 4.79 Å². The predicted octanol–water partition coefficient (Wildman–Crippen LogP) is 5.41. The first kappa shape index (κ1) is 17.7. The zero-order chi connectivity index (χ0) is 19.2. The van der Waals surface area contributed by atoms with Crippen LogP contribution in [0.25, 0.3) is 10.9 Å². The number of aromatic amines is 1. The molecule has 2 aromatic carbocycles. The van der Waals surface area contributed by atoms with E-state index in [4.69, 9.17) is 16.3 Å². The molecule has 1 unspecified atom stereocenters. The first-order chi connectivity index (χ1) is 12.8. The van der Waals surface area contributed by atoms with Gasteiger partial charge in [-0.1, -0.05) is 23.7 Å². The van der Waals surface area contributed by atoms with Crippen molar-refractivity contribution in [2.24, 2.45) is 0 Å². The number of carbonyl (C=O) groups is 1. The van der Waals surface area contributed by atoms with Crippen molar-refractivity contribution in [2.45, 2.75) is 32.4 Å². The Morgan fingerprint density at radius 1 is 1.19 bits per heavy atom.